The lowest BCUT2D eigenvalue weighted by Crippen LogP contribution is -2.08. The van der Waals surface area contributed by atoms with Gasteiger partial charge >= 0.3 is 11.9 Å². The van der Waals surface area contributed by atoms with E-state index in [2.05, 4.69) is 62.5 Å². The molecule has 0 spiro atoms. The highest BCUT2D eigenvalue weighted by atomic mass is 16.5. The second-order valence-electron chi connectivity index (χ2n) is 12.8. The molecule has 0 aromatic rings. The lowest BCUT2D eigenvalue weighted by Gasteiger charge is -2.06. The summed E-state index contributed by atoms with van der Waals surface area (Å²) in [5.74, 6) is -0.283. The largest absolute Gasteiger partial charge is 0.466 e. The summed E-state index contributed by atoms with van der Waals surface area (Å²) in [5, 5.41) is 0. The minimum Gasteiger partial charge on any atom is -0.466 e. The number of allylic oxidation sites excluding steroid dienone is 8. The normalized spacial score (nSPS) is 12.0. The van der Waals surface area contributed by atoms with Gasteiger partial charge in [-0.1, -0.05) is 140 Å². The summed E-state index contributed by atoms with van der Waals surface area (Å²) < 4.78 is 10.7. The molecule has 0 aliphatic heterocycles. The van der Waals surface area contributed by atoms with E-state index >= 15 is 0 Å². The molecule has 0 N–H and O–H groups in total. The molecule has 0 heterocycles. The SMILES string of the molecule is CCCCCC=CCC=CCCCCCCCCOC(=O)CCCCC(=O)OCCCCCCCCC=CCC=CCCCCC. The van der Waals surface area contributed by atoms with Crippen LogP contribution >= 0.6 is 0 Å². The van der Waals surface area contributed by atoms with Crippen molar-refractivity contribution < 1.29 is 19.1 Å². The van der Waals surface area contributed by atoms with Crippen molar-refractivity contribution in [1.29, 1.82) is 0 Å². The Morgan fingerprint density at radius 1 is 0.370 bits per heavy atom. The molecule has 0 atom stereocenters. The first kappa shape index (κ1) is 43.9. The number of esters is 2. The third-order valence-electron chi connectivity index (χ3n) is 8.23. The van der Waals surface area contributed by atoms with Crippen LogP contribution in [0.5, 0.6) is 0 Å². The molecule has 0 aliphatic rings. The predicted octanol–water partition coefficient (Wildman–Crippen LogP) is 13.3. The highest BCUT2D eigenvalue weighted by Crippen LogP contribution is 2.11. The molecule has 0 rings (SSSR count). The van der Waals surface area contributed by atoms with Crippen LogP contribution in [-0.4, -0.2) is 25.2 Å². The van der Waals surface area contributed by atoms with Gasteiger partial charge in [0, 0.05) is 12.8 Å². The van der Waals surface area contributed by atoms with Crippen molar-refractivity contribution in [1.82, 2.24) is 0 Å². The third-order valence-corrected chi connectivity index (χ3v) is 8.23. The minimum absolute atomic E-state index is 0.141. The summed E-state index contributed by atoms with van der Waals surface area (Å²) in [6.45, 7) is 5.53. The van der Waals surface area contributed by atoms with Crippen molar-refractivity contribution in [2.24, 2.45) is 0 Å². The molecule has 0 bridgehead atoms. The smallest absolute Gasteiger partial charge is 0.305 e. The Labute approximate surface area is 285 Å². The topological polar surface area (TPSA) is 52.6 Å². The molecule has 0 fully saturated rings. The standard InChI is InChI=1S/C42H74O4/c1-3-5-7-9-11-13-15-17-19-21-23-25-27-29-31-35-39-45-41(43)37-33-34-38-42(44)46-40-36-32-30-28-26-24-22-20-18-16-14-12-10-8-6-4-2/h11-14,17-20H,3-10,15-16,21-40H2,1-2H3. The number of rotatable bonds is 35. The van der Waals surface area contributed by atoms with Gasteiger partial charge in [-0.2, -0.15) is 0 Å². The van der Waals surface area contributed by atoms with Crippen molar-refractivity contribution >= 4 is 11.9 Å². The highest BCUT2D eigenvalue weighted by molar-refractivity contribution is 5.70. The molecule has 0 aromatic heterocycles. The van der Waals surface area contributed by atoms with Gasteiger partial charge in [-0.15, -0.1) is 0 Å². The summed E-state index contributed by atoms with van der Waals surface area (Å²) in [5.41, 5.74) is 0. The highest BCUT2D eigenvalue weighted by Gasteiger charge is 2.06. The van der Waals surface area contributed by atoms with Crippen molar-refractivity contribution in [2.75, 3.05) is 13.2 Å². The van der Waals surface area contributed by atoms with Crippen molar-refractivity contribution in [3.63, 3.8) is 0 Å². The summed E-state index contributed by atoms with van der Waals surface area (Å²) in [6.07, 6.45) is 49.5. The fourth-order valence-corrected chi connectivity index (χ4v) is 5.24. The zero-order valence-corrected chi connectivity index (χ0v) is 30.5. The molecule has 0 amide bonds. The molecular formula is C42H74O4. The fourth-order valence-electron chi connectivity index (χ4n) is 5.24. The van der Waals surface area contributed by atoms with Crippen LogP contribution in [0, 0.1) is 0 Å². The number of carbonyl (C=O) groups excluding carboxylic acids is 2. The van der Waals surface area contributed by atoms with E-state index < -0.39 is 0 Å². The molecule has 46 heavy (non-hydrogen) atoms. The first-order chi connectivity index (χ1) is 22.7. The second-order valence-corrected chi connectivity index (χ2v) is 12.8. The Kier molecular flexibility index (Phi) is 37.3. The van der Waals surface area contributed by atoms with Gasteiger partial charge in [0.1, 0.15) is 0 Å². The number of hydrogen-bond acceptors (Lipinski definition) is 4. The Morgan fingerprint density at radius 3 is 1.02 bits per heavy atom. The summed E-state index contributed by atoms with van der Waals surface area (Å²) in [7, 11) is 0. The zero-order valence-electron chi connectivity index (χ0n) is 30.5. The van der Waals surface area contributed by atoms with E-state index in [1.807, 2.05) is 0 Å². The van der Waals surface area contributed by atoms with Gasteiger partial charge in [0.2, 0.25) is 0 Å². The average molecular weight is 643 g/mol. The lowest BCUT2D eigenvalue weighted by molar-refractivity contribution is -0.146. The molecule has 4 heteroatoms. The van der Waals surface area contributed by atoms with E-state index in [-0.39, 0.29) is 11.9 Å². The summed E-state index contributed by atoms with van der Waals surface area (Å²) in [6, 6.07) is 0. The van der Waals surface area contributed by atoms with Crippen LogP contribution in [0.3, 0.4) is 0 Å². The van der Waals surface area contributed by atoms with Gasteiger partial charge < -0.3 is 9.47 Å². The van der Waals surface area contributed by atoms with Crippen LogP contribution in [-0.2, 0) is 19.1 Å². The lowest BCUT2D eigenvalue weighted by atomic mass is 10.1. The van der Waals surface area contributed by atoms with Crippen LogP contribution in [0.15, 0.2) is 48.6 Å². The van der Waals surface area contributed by atoms with E-state index in [9.17, 15) is 9.59 Å². The molecule has 0 saturated carbocycles. The second kappa shape index (κ2) is 39.1. The average Bonchev–Trinajstić information content (AvgIpc) is 3.06. The molecule has 0 unspecified atom stereocenters. The summed E-state index contributed by atoms with van der Waals surface area (Å²) >= 11 is 0. The molecule has 4 nitrogen and oxygen atoms in total. The Balaban J connectivity index is 3.36. The Morgan fingerprint density at radius 2 is 0.674 bits per heavy atom. The van der Waals surface area contributed by atoms with Crippen LogP contribution in [0.2, 0.25) is 0 Å². The molecule has 0 aliphatic carbocycles. The van der Waals surface area contributed by atoms with Gasteiger partial charge in [0.15, 0.2) is 0 Å². The first-order valence-electron chi connectivity index (χ1n) is 19.6. The van der Waals surface area contributed by atoms with E-state index in [0.29, 0.717) is 38.9 Å². The Bertz CT molecular complexity index is 700. The van der Waals surface area contributed by atoms with E-state index in [1.165, 1.54) is 116 Å². The molecule has 0 saturated heterocycles. The number of ether oxygens (including phenoxy) is 2. The molecule has 0 radical (unpaired) electrons. The third kappa shape index (κ3) is 38.1. The molecular weight excluding hydrogens is 568 g/mol. The van der Waals surface area contributed by atoms with Crippen LogP contribution < -0.4 is 0 Å². The number of hydrogen-bond donors (Lipinski definition) is 0. The predicted molar refractivity (Wildman–Crippen MR) is 199 cm³/mol. The Hall–Kier alpha value is -2.10. The van der Waals surface area contributed by atoms with E-state index in [1.54, 1.807) is 0 Å². The minimum atomic E-state index is -0.141. The van der Waals surface area contributed by atoms with Gasteiger partial charge in [0.05, 0.1) is 13.2 Å². The zero-order chi connectivity index (χ0) is 33.4. The van der Waals surface area contributed by atoms with Crippen molar-refractivity contribution in [3.8, 4) is 0 Å². The number of carbonyl (C=O) groups is 2. The monoisotopic (exact) mass is 643 g/mol. The van der Waals surface area contributed by atoms with Crippen LogP contribution in [0.1, 0.15) is 194 Å². The van der Waals surface area contributed by atoms with Gasteiger partial charge in [-0.05, 0) is 89.9 Å². The van der Waals surface area contributed by atoms with Crippen molar-refractivity contribution in [3.05, 3.63) is 48.6 Å². The van der Waals surface area contributed by atoms with Gasteiger partial charge in [-0.25, -0.2) is 0 Å². The van der Waals surface area contributed by atoms with Crippen molar-refractivity contribution in [2.45, 2.75) is 194 Å². The van der Waals surface area contributed by atoms with E-state index in [4.69, 9.17) is 9.47 Å². The fraction of sp³-hybridized carbons (Fsp3) is 0.762. The number of unbranched alkanes of at least 4 members (excludes halogenated alkanes) is 19. The maximum Gasteiger partial charge on any atom is 0.305 e. The maximum absolute atomic E-state index is 11.9. The van der Waals surface area contributed by atoms with Gasteiger partial charge in [0.25, 0.3) is 0 Å². The van der Waals surface area contributed by atoms with Crippen LogP contribution in [0.4, 0.5) is 0 Å². The quantitative estimate of drug-likeness (QED) is 0.0392. The summed E-state index contributed by atoms with van der Waals surface area (Å²) in [4.78, 5) is 23.9. The molecule has 266 valence electrons. The first-order valence-corrected chi connectivity index (χ1v) is 19.6. The van der Waals surface area contributed by atoms with Gasteiger partial charge in [-0.3, -0.25) is 9.59 Å². The maximum atomic E-state index is 11.9. The molecule has 0 aromatic carbocycles. The van der Waals surface area contributed by atoms with E-state index in [0.717, 1.165) is 38.5 Å². The van der Waals surface area contributed by atoms with Crippen LogP contribution in [0.25, 0.3) is 0 Å².